The highest BCUT2D eigenvalue weighted by molar-refractivity contribution is 7.89. The SMILES string of the molecule is CN1CCN(c2ccc(C(=O)Nc3n[nH]c4c3CN(S(=O)(=O)c3cc(F)cc(F)c3)CC4)c(NCC3CCCN3C(=O)OC(C)(C)C)c2)CC1. The zero-order chi connectivity index (χ0) is 35.8. The van der Waals surface area contributed by atoms with Crippen LogP contribution in [0.25, 0.3) is 0 Å². The molecule has 2 amide bonds. The van der Waals surface area contributed by atoms with Crippen molar-refractivity contribution in [2.45, 2.75) is 63.1 Å². The summed E-state index contributed by atoms with van der Waals surface area (Å²) in [5.41, 5.74) is 2.38. The number of ether oxygens (including phenoxy) is 1. The molecule has 2 fully saturated rings. The van der Waals surface area contributed by atoms with Crippen molar-refractivity contribution in [3.05, 3.63) is 64.9 Å². The quantitative estimate of drug-likeness (QED) is 0.312. The van der Waals surface area contributed by atoms with Crippen molar-refractivity contribution < 1.29 is 31.5 Å². The largest absolute Gasteiger partial charge is 0.444 e. The van der Waals surface area contributed by atoms with Crippen LogP contribution in [0.15, 0.2) is 41.3 Å². The van der Waals surface area contributed by atoms with Crippen molar-refractivity contribution >= 4 is 39.2 Å². The number of nitrogens with zero attached hydrogens (tertiary/aromatic N) is 5. The number of hydrogen-bond acceptors (Lipinski definition) is 9. The van der Waals surface area contributed by atoms with E-state index in [0.29, 0.717) is 41.7 Å². The zero-order valence-corrected chi connectivity index (χ0v) is 29.6. The smallest absolute Gasteiger partial charge is 0.410 e. The first-order chi connectivity index (χ1) is 23.7. The number of rotatable bonds is 8. The summed E-state index contributed by atoms with van der Waals surface area (Å²) in [5, 5.41) is 13.5. The van der Waals surface area contributed by atoms with E-state index in [1.54, 1.807) is 11.0 Å². The van der Waals surface area contributed by atoms with Gasteiger partial charge in [0.05, 0.1) is 16.5 Å². The van der Waals surface area contributed by atoms with Crippen LogP contribution in [-0.4, -0.2) is 109 Å². The first-order valence-electron chi connectivity index (χ1n) is 16.8. The summed E-state index contributed by atoms with van der Waals surface area (Å²) < 4.78 is 61.2. The molecule has 3 aliphatic heterocycles. The number of aromatic amines is 1. The third-order valence-corrected chi connectivity index (χ3v) is 11.1. The minimum absolute atomic E-state index is 0.0619. The number of hydrogen-bond donors (Lipinski definition) is 3. The predicted octanol–water partition coefficient (Wildman–Crippen LogP) is 4.25. The van der Waals surface area contributed by atoms with Gasteiger partial charge in [-0.25, -0.2) is 22.0 Å². The number of H-pyrrole nitrogens is 1. The van der Waals surface area contributed by atoms with E-state index >= 15 is 0 Å². The van der Waals surface area contributed by atoms with E-state index in [4.69, 9.17) is 4.74 Å². The Hall–Kier alpha value is -4.28. The Labute approximate surface area is 291 Å². The van der Waals surface area contributed by atoms with Crippen molar-refractivity contribution in [3.63, 3.8) is 0 Å². The van der Waals surface area contributed by atoms with Crippen LogP contribution in [0.5, 0.6) is 0 Å². The number of nitrogens with one attached hydrogen (secondary N) is 3. The molecule has 2 aromatic carbocycles. The topological polar surface area (TPSA) is 143 Å². The molecule has 2 saturated heterocycles. The maximum Gasteiger partial charge on any atom is 0.410 e. The second-order valence-electron chi connectivity index (χ2n) is 14.0. The second kappa shape index (κ2) is 14.2. The molecular weight excluding hydrogens is 670 g/mol. The molecule has 3 aliphatic rings. The lowest BCUT2D eigenvalue weighted by atomic mass is 10.1. The molecule has 6 rings (SSSR count). The number of fused-ring (bicyclic) bond motifs is 1. The first kappa shape index (κ1) is 35.5. The van der Waals surface area contributed by atoms with Gasteiger partial charge < -0.3 is 30.1 Å². The van der Waals surface area contributed by atoms with Crippen LogP contribution in [0.2, 0.25) is 0 Å². The summed E-state index contributed by atoms with van der Waals surface area (Å²) in [4.78, 5) is 32.6. The molecule has 1 atom stereocenters. The fraction of sp³-hybridized carbons (Fsp3) is 0.500. The number of benzene rings is 2. The summed E-state index contributed by atoms with van der Waals surface area (Å²) in [6.45, 7) is 9.87. The van der Waals surface area contributed by atoms with E-state index in [-0.39, 0.29) is 37.5 Å². The number of amides is 2. The number of likely N-dealkylation sites (N-methyl/N-ethyl adjacent to an activating group) is 1. The molecule has 3 aromatic rings. The van der Waals surface area contributed by atoms with Gasteiger partial charge in [0.15, 0.2) is 5.82 Å². The van der Waals surface area contributed by atoms with Crippen LogP contribution in [0.3, 0.4) is 0 Å². The number of carbonyl (C=O) groups is 2. The molecule has 4 heterocycles. The Bertz CT molecular complexity index is 1840. The molecule has 0 aliphatic carbocycles. The lowest BCUT2D eigenvalue weighted by Gasteiger charge is -2.34. The molecular formula is C34H44F2N8O5S. The Morgan fingerprint density at radius 2 is 1.74 bits per heavy atom. The number of piperazine rings is 1. The van der Waals surface area contributed by atoms with Gasteiger partial charge in [0.2, 0.25) is 10.0 Å². The van der Waals surface area contributed by atoms with Gasteiger partial charge in [-0.15, -0.1) is 0 Å². The van der Waals surface area contributed by atoms with Gasteiger partial charge in [0.25, 0.3) is 5.91 Å². The summed E-state index contributed by atoms with van der Waals surface area (Å²) in [6.07, 6.45) is 1.52. The highest BCUT2D eigenvalue weighted by Gasteiger charge is 2.34. The summed E-state index contributed by atoms with van der Waals surface area (Å²) in [7, 11) is -2.16. The lowest BCUT2D eigenvalue weighted by molar-refractivity contribution is 0.0235. The Morgan fingerprint density at radius 1 is 1.02 bits per heavy atom. The predicted molar refractivity (Wildman–Crippen MR) is 185 cm³/mol. The Kier molecular flexibility index (Phi) is 10.1. The number of likely N-dealkylation sites (tertiary alicyclic amines) is 1. The van der Waals surface area contributed by atoms with E-state index < -0.39 is 38.1 Å². The van der Waals surface area contributed by atoms with Gasteiger partial charge in [0.1, 0.15) is 17.2 Å². The Morgan fingerprint density at radius 3 is 2.44 bits per heavy atom. The van der Waals surface area contributed by atoms with Crippen LogP contribution in [0.4, 0.5) is 30.8 Å². The highest BCUT2D eigenvalue weighted by Crippen LogP contribution is 2.31. The van der Waals surface area contributed by atoms with Crippen LogP contribution in [-0.2, 0) is 27.7 Å². The number of aromatic nitrogens is 2. The monoisotopic (exact) mass is 714 g/mol. The maximum absolute atomic E-state index is 13.9. The molecule has 0 radical (unpaired) electrons. The van der Waals surface area contributed by atoms with E-state index in [1.807, 2.05) is 32.9 Å². The highest BCUT2D eigenvalue weighted by atomic mass is 32.2. The van der Waals surface area contributed by atoms with Crippen molar-refractivity contribution in [2.75, 3.05) is 68.4 Å². The van der Waals surface area contributed by atoms with Crippen molar-refractivity contribution in [1.82, 2.24) is 24.3 Å². The van der Waals surface area contributed by atoms with Crippen LogP contribution in [0, 0.1) is 11.6 Å². The molecule has 270 valence electrons. The van der Waals surface area contributed by atoms with Crippen molar-refractivity contribution in [3.8, 4) is 0 Å². The van der Waals surface area contributed by atoms with Gasteiger partial charge in [0, 0.05) is 87.5 Å². The van der Waals surface area contributed by atoms with Crippen molar-refractivity contribution in [1.29, 1.82) is 0 Å². The molecule has 50 heavy (non-hydrogen) atoms. The molecule has 3 N–H and O–H groups in total. The molecule has 0 saturated carbocycles. The summed E-state index contributed by atoms with van der Waals surface area (Å²) in [5.74, 6) is -2.29. The number of halogens is 2. The van der Waals surface area contributed by atoms with Gasteiger partial charge in [-0.3, -0.25) is 9.89 Å². The van der Waals surface area contributed by atoms with Crippen LogP contribution >= 0.6 is 0 Å². The third-order valence-electron chi connectivity index (χ3n) is 9.25. The van der Waals surface area contributed by atoms with E-state index in [9.17, 15) is 26.8 Å². The fourth-order valence-electron chi connectivity index (χ4n) is 6.55. The first-order valence-corrected chi connectivity index (χ1v) is 18.3. The average Bonchev–Trinajstić information content (AvgIpc) is 3.70. The standard InChI is InChI=1S/C34H44F2N8O5S/c1-34(2,3)49-33(46)44-10-5-6-25(44)20-37-30-19-24(42-14-12-41(4)13-15-42)7-8-27(30)32(45)38-31-28-21-43(11-9-29(28)39-40-31)50(47,48)26-17-22(35)16-23(36)18-26/h7-8,16-19,25,37H,5-6,9-15,20-21H2,1-4H3,(H2,38,39,40,45). The van der Waals surface area contributed by atoms with Gasteiger partial charge in [-0.1, -0.05) is 0 Å². The summed E-state index contributed by atoms with van der Waals surface area (Å²) >= 11 is 0. The van der Waals surface area contributed by atoms with Crippen LogP contribution in [0.1, 0.15) is 55.2 Å². The summed E-state index contributed by atoms with van der Waals surface area (Å²) in [6, 6.07) is 7.64. The minimum Gasteiger partial charge on any atom is -0.444 e. The number of sulfonamides is 1. The molecule has 13 nitrogen and oxygen atoms in total. The minimum atomic E-state index is -4.24. The van der Waals surface area contributed by atoms with E-state index in [2.05, 4.69) is 37.7 Å². The molecule has 0 spiro atoms. The lowest BCUT2D eigenvalue weighted by Crippen LogP contribution is -2.44. The van der Waals surface area contributed by atoms with Crippen molar-refractivity contribution in [2.24, 2.45) is 0 Å². The molecule has 0 bridgehead atoms. The number of carbonyl (C=O) groups excluding carboxylic acids is 2. The van der Waals surface area contributed by atoms with Gasteiger partial charge in [-0.05, 0) is 71.0 Å². The van der Waals surface area contributed by atoms with Gasteiger partial charge >= 0.3 is 6.09 Å². The van der Waals surface area contributed by atoms with Gasteiger partial charge in [-0.2, -0.15) is 9.40 Å². The number of anilines is 3. The van der Waals surface area contributed by atoms with E-state index in [0.717, 1.165) is 61.1 Å². The third kappa shape index (κ3) is 7.87. The van der Waals surface area contributed by atoms with E-state index in [1.165, 1.54) is 0 Å². The molecule has 1 aromatic heterocycles. The molecule has 16 heteroatoms. The fourth-order valence-corrected chi connectivity index (χ4v) is 8.01. The van der Waals surface area contributed by atoms with Crippen LogP contribution < -0.4 is 15.5 Å². The maximum atomic E-state index is 13.9. The molecule has 1 unspecified atom stereocenters. The second-order valence-corrected chi connectivity index (χ2v) is 16.0. The normalized spacial score (nSPS) is 19.0. The Balaban J connectivity index is 1.22. The zero-order valence-electron chi connectivity index (χ0n) is 28.8. The average molecular weight is 715 g/mol.